The molecule has 0 saturated heterocycles. The molecule has 3 rings (SSSR count). The lowest BCUT2D eigenvalue weighted by Gasteiger charge is -2.22. The highest BCUT2D eigenvalue weighted by Crippen LogP contribution is 2.49. The molecule has 1 N–H and O–H groups in total. The standard InChI is InChI=1S/C16H19N3/c1-9-12-7-15-13(8-14(12)18-11(3)17-9)16(4,5)10(2)19(15)6/h7-8H,1-2H2,3-6H3,(H,17,18). The third kappa shape index (κ3) is 1.47. The van der Waals surface area contributed by atoms with Crippen molar-refractivity contribution in [2.75, 3.05) is 11.9 Å². The van der Waals surface area contributed by atoms with Gasteiger partial charge in [-0.15, -0.1) is 0 Å². The number of nitrogens with one attached hydrogen (secondary N) is 1. The lowest BCUT2D eigenvalue weighted by atomic mass is 9.83. The van der Waals surface area contributed by atoms with E-state index in [0.29, 0.717) is 0 Å². The van der Waals surface area contributed by atoms with Crippen LogP contribution in [0.3, 0.4) is 0 Å². The maximum Gasteiger partial charge on any atom is 0.103 e. The van der Waals surface area contributed by atoms with Gasteiger partial charge in [-0.25, -0.2) is 4.99 Å². The van der Waals surface area contributed by atoms with Gasteiger partial charge >= 0.3 is 0 Å². The third-order valence-corrected chi connectivity index (χ3v) is 4.22. The summed E-state index contributed by atoms with van der Waals surface area (Å²) in [5, 5.41) is 3.19. The fraction of sp³-hybridized carbons (Fsp3) is 0.312. The van der Waals surface area contributed by atoms with Crippen LogP contribution in [0.2, 0.25) is 0 Å². The predicted molar refractivity (Wildman–Crippen MR) is 81.9 cm³/mol. The van der Waals surface area contributed by atoms with Crippen molar-refractivity contribution in [3.05, 3.63) is 42.1 Å². The molecule has 19 heavy (non-hydrogen) atoms. The molecule has 0 spiro atoms. The Labute approximate surface area is 114 Å². The molecule has 3 heteroatoms. The highest BCUT2D eigenvalue weighted by Gasteiger charge is 2.38. The van der Waals surface area contributed by atoms with Crippen LogP contribution in [-0.2, 0) is 5.41 Å². The average molecular weight is 253 g/mol. The first-order valence-corrected chi connectivity index (χ1v) is 6.45. The summed E-state index contributed by atoms with van der Waals surface area (Å²) in [7, 11) is 2.07. The monoisotopic (exact) mass is 253 g/mol. The Hall–Kier alpha value is -2.03. The molecule has 0 bridgehead atoms. The number of aliphatic imine (C=N–C) groups is 1. The molecule has 0 aromatic heterocycles. The Kier molecular flexibility index (Phi) is 2.22. The second kappa shape index (κ2) is 3.50. The second-order valence-electron chi connectivity index (χ2n) is 5.82. The minimum Gasteiger partial charge on any atom is -0.348 e. The maximum atomic E-state index is 4.59. The SMILES string of the molecule is C=C1NC(C)=Nc2cc3c(cc21)N(C)C(=C)C3(C)C. The van der Waals surface area contributed by atoms with Crippen molar-refractivity contribution in [1.82, 2.24) is 5.32 Å². The van der Waals surface area contributed by atoms with Gasteiger partial charge in [0, 0.05) is 35.1 Å². The number of anilines is 1. The molecule has 2 heterocycles. The average Bonchev–Trinajstić information content (AvgIpc) is 2.50. The van der Waals surface area contributed by atoms with Crippen LogP contribution in [0.15, 0.2) is 36.0 Å². The van der Waals surface area contributed by atoms with Gasteiger partial charge in [-0.1, -0.05) is 27.0 Å². The van der Waals surface area contributed by atoms with E-state index < -0.39 is 0 Å². The fourth-order valence-electron chi connectivity index (χ4n) is 2.90. The first-order valence-electron chi connectivity index (χ1n) is 6.45. The third-order valence-electron chi connectivity index (χ3n) is 4.22. The van der Waals surface area contributed by atoms with E-state index in [-0.39, 0.29) is 5.41 Å². The van der Waals surface area contributed by atoms with Crippen LogP contribution < -0.4 is 10.2 Å². The molecule has 0 unspecified atom stereocenters. The highest BCUT2D eigenvalue weighted by molar-refractivity contribution is 5.97. The van der Waals surface area contributed by atoms with E-state index in [1.54, 1.807) is 0 Å². The van der Waals surface area contributed by atoms with E-state index in [1.165, 1.54) is 11.3 Å². The smallest absolute Gasteiger partial charge is 0.103 e. The Morgan fingerprint density at radius 3 is 2.63 bits per heavy atom. The number of allylic oxidation sites excluding steroid dienone is 1. The fourth-order valence-corrected chi connectivity index (χ4v) is 2.90. The van der Waals surface area contributed by atoms with Gasteiger partial charge in [-0.2, -0.15) is 0 Å². The summed E-state index contributed by atoms with van der Waals surface area (Å²) in [6.45, 7) is 14.7. The van der Waals surface area contributed by atoms with Crippen molar-refractivity contribution in [3.8, 4) is 0 Å². The van der Waals surface area contributed by atoms with Crippen molar-refractivity contribution in [2.45, 2.75) is 26.2 Å². The highest BCUT2D eigenvalue weighted by atomic mass is 15.2. The van der Waals surface area contributed by atoms with Gasteiger partial charge in [-0.05, 0) is 24.6 Å². The Morgan fingerprint density at radius 1 is 1.26 bits per heavy atom. The molecular formula is C16H19N3. The van der Waals surface area contributed by atoms with Crippen molar-refractivity contribution in [1.29, 1.82) is 0 Å². The van der Waals surface area contributed by atoms with Crippen molar-refractivity contribution in [2.24, 2.45) is 4.99 Å². The van der Waals surface area contributed by atoms with Crippen LogP contribution in [0.5, 0.6) is 0 Å². The number of fused-ring (bicyclic) bond motifs is 2. The molecule has 1 aromatic carbocycles. The minimum absolute atomic E-state index is 0.0469. The van der Waals surface area contributed by atoms with Gasteiger partial charge in [0.15, 0.2) is 0 Å². The van der Waals surface area contributed by atoms with Crippen LogP contribution in [0, 0.1) is 0 Å². The number of hydrogen-bond donors (Lipinski definition) is 1. The zero-order valence-corrected chi connectivity index (χ0v) is 12.0. The number of nitrogens with zero attached hydrogens (tertiary/aromatic N) is 2. The van der Waals surface area contributed by atoms with Gasteiger partial charge < -0.3 is 10.2 Å². The Bertz CT molecular complexity index is 650. The number of benzene rings is 1. The number of likely N-dealkylation sites (N-methyl/N-ethyl adjacent to an activating group) is 1. The second-order valence-corrected chi connectivity index (χ2v) is 5.82. The Balaban J connectivity index is 2.29. The van der Waals surface area contributed by atoms with E-state index in [4.69, 9.17) is 0 Å². The summed E-state index contributed by atoms with van der Waals surface area (Å²) in [4.78, 5) is 6.75. The summed E-state index contributed by atoms with van der Waals surface area (Å²) < 4.78 is 0. The molecule has 98 valence electrons. The molecule has 3 nitrogen and oxygen atoms in total. The molecule has 0 saturated carbocycles. The maximum absolute atomic E-state index is 4.59. The van der Waals surface area contributed by atoms with E-state index in [2.05, 4.69) is 61.4 Å². The molecule has 0 atom stereocenters. The van der Waals surface area contributed by atoms with E-state index >= 15 is 0 Å². The summed E-state index contributed by atoms with van der Waals surface area (Å²) in [5.74, 6) is 0.889. The lowest BCUT2D eigenvalue weighted by Crippen LogP contribution is -2.21. The number of amidine groups is 1. The summed E-state index contributed by atoms with van der Waals surface area (Å²) in [6, 6.07) is 4.34. The Morgan fingerprint density at radius 2 is 1.95 bits per heavy atom. The number of hydrogen-bond acceptors (Lipinski definition) is 3. The van der Waals surface area contributed by atoms with Gasteiger partial charge in [0.25, 0.3) is 0 Å². The van der Waals surface area contributed by atoms with Crippen LogP contribution in [0.25, 0.3) is 5.70 Å². The molecule has 0 radical (unpaired) electrons. The zero-order valence-electron chi connectivity index (χ0n) is 12.0. The van der Waals surface area contributed by atoms with E-state index in [0.717, 1.165) is 28.5 Å². The topological polar surface area (TPSA) is 27.6 Å². The zero-order chi connectivity index (χ0) is 13.9. The normalized spacial score (nSPS) is 19.8. The van der Waals surface area contributed by atoms with Crippen molar-refractivity contribution < 1.29 is 0 Å². The van der Waals surface area contributed by atoms with Crippen LogP contribution in [0.1, 0.15) is 31.9 Å². The predicted octanol–water partition coefficient (Wildman–Crippen LogP) is 3.55. The van der Waals surface area contributed by atoms with Gasteiger partial charge in [0.05, 0.1) is 5.69 Å². The van der Waals surface area contributed by atoms with E-state index in [9.17, 15) is 0 Å². The first kappa shape index (κ1) is 12.0. The van der Waals surface area contributed by atoms with Crippen molar-refractivity contribution in [3.63, 3.8) is 0 Å². The number of rotatable bonds is 0. The van der Waals surface area contributed by atoms with Crippen LogP contribution >= 0.6 is 0 Å². The molecule has 2 aliphatic rings. The molecule has 2 aliphatic heterocycles. The van der Waals surface area contributed by atoms with Gasteiger partial charge in [0.1, 0.15) is 5.84 Å². The molecule has 1 aromatic rings. The quantitative estimate of drug-likeness (QED) is 0.765. The summed E-state index contributed by atoms with van der Waals surface area (Å²) in [5.41, 5.74) is 6.53. The van der Waals surface area contributed by atoms with Crippen LogP contribution in [0.4, 0.5) is 11.4 Å². The summed E-state index contributed by atoms with van der Waals surface area (Å²) >= 11 is 0. The van der Waals surface area contributed by atoms with Gasteiger partial charge in [-0.3, -0.25) is 0 Å². The summed E-state index contributed by atoms with van der Waals surface area (Å²) in [6.07, 6.45) is 0. The molecule has 0 aliphatic carbocycles. The largest absolute Gasteiger partial charge is 0.348 e. The molecule has 0 fully saturated rings. The molecule has 0 amide bonds. The van der Waals surface area contributed by atoms with E-state index in [1.807, 2.05) is 6.92 Å². The first-order chi connectivity index (χ1) is 8.82. The van der Waals surface area contributed by atoms with Gasteiger partial charge in [0.2, 0.25) is 0 Å². The van der Waals surface area contributed by atoms with Crippen LogP contribution in [-0.4, -0.2) is 12.9 Å². The minimum atomic E-state index is -0.0469. The lowest BCUT2D eigenvalue weighted by molar-refractivity contribution is 0.643. The molecular weight excluding hydrogens is 234 g/mol. The van der Waals surface area contributed by atoms with Crippen molar-refractivity contribution >= 4 is 22.9 Å².